The lowest BCUT2D eigenvalue weighted by atomic mass is 9.99. The van der Waals surface area contributed by atoms with Crippen molar-refractivity contribution in [2.75, 3.05) is 13.6 Å². The zero-order chi connectivity index (χ0) is 13.6. The number of nitrogens with zero attached hydrogens (tertiary/aromatic N) is 1. The van der Waals surface area contributed by atoms with Gasteiger partial charge in [0.1, 0.15) is 0 Å². The highest BCUT2D eigenvalue weighted by molar-refractivity contribution is 5.87. The van der Waals surface area contributed by atoms with Gasteiger partial charge in [-0.3, -0.25) is 9.59 Å². The first-order valence-corrected chi connectivity index (χ1v) is 6.09. The molecule has 0 saturated carbocycles. The molecule has 0 rings (SSSR count). The zero-order valence-electron chi connectivity index (χ0n) is 11.5. The lowest BCUT2D eigenvalue weighted by Gasteiger charge is -2.24. The molecule has 17 heavy (non-hydrogen) atoms. The molecule has 0 bridgehead atoms. The van der Waals surface area contributed by atoms with Gasteiger partial charge in [0.2, 0.25) is 11.8 Å². The van der Waals surface area contributed by atoms with E-state index in [-0.39, 0.29) is 30.3 Å². The van der Waals surface area contributed by atoms with E-state index in [0.717, 1.165) is 6.42 Å². The number of nitrogens with one attached hydrogen (secondary N) is 1. The SMILES string of the molecule is CCC(C)[C@H](N)C(=O)N(C)CC(=O)NC(C)C. The molecule has 1 unspecified atom stereocenters. The Bertz CT molecular complexity index is 266. The molecule has 3 N–H and O–H groups in total. The second kappa shape index (κ2) is 7.27. The van der Waals surface area contributed by atoms with Gasteiger partial charge >= 0.3 is 0 Å². The standard InChI is InChI=1S/C12H25N3O2/c1-6-9(4)11(13)12(17)15(5)7-10(16)14-8(2)3/h8-9,11H,6-7,13H2,1-5H3,(H,14,16)/t9?,11-/m0/s1. The Kier molecular flexibility index (Phi) is 6.80. The van der Waals surface area contributed by atoms with Crippen LogP contribution in [0.15, 0.2) is 0 Å². The van der Waals surface area contributed by atoms with Crippen LogP contribution in [0.3, 0.4) is 0 Å². The number of carbonyl (C=O) groups excluding carboxylic acids is 2. The molecule has 0 radical (unpaired) electrons. The first-order valence-electron chi connectivity index (χ1n) is 6.09. The van der Waals surface area contributed by atoms with Crippen molar-refractivity contribution in [3.8, 4) is 0 Å². The average molecular weight is 243 g/mol. The van der Waals surface area contributed by atoms with Crippen molar-refractivity contribution in [1.29, 1.82) is 0 Å². The van der Waals surface area contributed by atoms with Crippen molar-refractivity contribution in [1.82, 2.24) is 10.2 Å². The molecule has 0 aliphatic heterocycles. The van der Waals surface area contributed by atoms with Crippen LogP contribution in [0.4, 0.5) is 0 Å². The van der Waals surface area contributed by atoms with Crippen LogP contribution in [0.1, 0.15) is 34.1 Å². The minimum Gasteiger partial charge on any atom is -0.352 e. The highest BCUT2D eigenvalue weighted by Crippen LogP contribution is 2.07. The number of hydrogen-bond donors (Lipinski definition) is 2. The minimum atomic E-state index is -0.531. The molecule has 2 amide bonds. The molecule has 0 aromatic carbocycles. The van der Waals surface area contributed by atoms with Crippen LogP contribution in [0.25, 0.3) is 0 Å². The number of carbonyl (C=O) groups is 2. The van der Waals surface area contributed by atoms with Crippen molar-refractivity contribution in [3.63, 3.8) is 0 Å². The number of likely N-dealkylation sites (N-methyl/N-ethyl adjacent to an activating group) is 1. The number of rotatable bonds is 6. The van der Waals surface area contributed by atoms with E-state index >= 15 is 0 Å². The summed E-state index contributed by atoms with van der Waals surface area (Å²) in [6, 6.07) is -0.453. The van der Waals surface area contributed by atoms with Crippen LogP contribution < -0.4 is 11.1 Å². The topological polar surface area (TPSA) is 75.4 Å². The fourth-order valence-electron chi connectivity index (χ4n) is 1.41. The van der Waals surface area contributed by atoms with Crippen LogP contribution >= 0.6 is 0 Å². The van der Waals surface area contributed by atoms with Crippen molar-refractivity contribution in [2.45, 2.75) is 46.2 Å². The average Bonchev–Trinajstić information content (AvgIpc) is 2.24. The van der Waals surface area contributed by atoms with Gasteiger partial charge in [-0.25, -0.2) is 0 Å². The third kappa shape index (κ3) is 5.68. The van der Waals surface area contributed by atoms with Crippen molar-refractivity contribution < 1.29 is 9.59 Å². The second-order valence-corrected chi connectivity index (χ2v) is 4.83. The lowest BCUT2D eigenvalue weighted by Crippen LogP contribution is -2.49. The molecule has 0 heterocycles. The van der Waals surface area contributed by atoms with E-state index in [2.05, 4.69) is 5.32 Å². The van der Waals surface area contributed by atoms with Gasteiger partial charge in [-0.05, 0) is 19.8 Å². The monoisotopic (exact) mass is 243 g/mol. The second-order valence-electron chi connectivity index (χ2n) is 4.83. The summed E-state index contributed by atoms with van der Waals surface area (Å²) in [4.78, 5) is 24.8. The highest BCUT2D eigenvalue weighted by Gasteiger charge is 2.23. The molecule has 100 valence electrons. The Labute approximate surface area is 104 Å². The van der Waals surface area contributed by atoms with E-state index in [0.29, 0.717) is 0 Å². The van der Waals surface area contributed by atoms with Gasteiger partial charge in [0.25, 0.3) is 0 Å². The highest BCUT2D eigenvalue weighted by atomic mass is 16.2. The molecule has 0 fully saturated rings. The maximum absolute atomic E-state index is 11.9. The summed E-state index contributed by atoms with van der Waals surface area (Å²) in [5.41, 5.74) is 5.83. The lowest BCUT2D eigenvalue weighted by molar-refractivity contribution is -0.136. The van der Waals surface area contributed by atoms with Crippen molar-refractivity contribution in [3.05, 3.63) is 0 Å². The smallest absolute Gasteiger partial charge is 0.239 e. The molecule has 0 aliphatic carbocycles. The van der Waals surface area contributed by atoms with Crippen LogP contribution in [0.5, 0.6) is 0 Å². The molecular formula is C12H25N3O2. The summed E-state index contributed by atoms with van der Waals surface area (Å²) in [6.45, 7) is 7.74. The molecule has 5 heteroatoms. The van der Waals surface area contributed by atoms with Crippen LogP contribution in [-0.4, -0.2) is 42.4 Å². The van der Waals surface area contributed by atoms with E-state index in [1.54, 1.807) is 7.05 Å². The Morgan fingerprint density at radius 1 is 1.29 bits per heavy atom. The molecular weight excluding hydrogens is 218 g/mol. The summed E-state index contributed by atoms with van der Waals surface area (Å²) in [7, 11) is 1.60. The zero-order valence-corrected chi connectivity index (χ0v) is 11.5. The van der Waals surface area contributed by atoms with Gasteiger partial charge in [0, 0.05) is 13.1 Å². The molecule has 0 saturated heterocycles. The Morgan fingerprint density at radius 3 is 2.24 bits per heavy atom. The fraction of sp³-hybridized carbons (Fsp3) is 0.833. The van der Waals surface area contributed by atoms with E-state index < -0.39 is 6.04 Å². The van der Waals surface area contributed by atoms with Crippen LogP contribution in [0.2, 0.25) is 0 Å². The van der Waals surface area contributed by atoms with Gasteiger partial charge in [-0.2, -0.15) is 0 Å². The Balaban J connectivity index is 4.27. The normalized spacial score (nSPS) is 14.3. The maximum Gasteiger partial charge on any atom is 0.239 e. The first kappa shape index (κ1) is 15.9. The first-order chi connectivity index (χ1) is 7.79. The van der Waals surface area contributed by atoms with Crippen LogP contribution in [0, 0.1) is 5.92 Å². The summed E-state index contributed by atoms with van der Waals surface area (Å²) >= 11 is 0. The molecule has 0 aliphatic rings. The predicted molar refractivity (Wildman–Crippen MR) is 68.3 cm³/mol. The molecule has 0 spiro atoms. The number of amides is 2. The van der Waals surface area contributed by atoms with Gasteiger partial charge in [-0.1, -0.05) is 20.3 Å². The maximum atomic E-state index is 11.9. The van der Waals surface area contributed by atoms with E-state index in [4.69, 9.17) is 5.73 Å². The van der Waals surface area contributed by atoms with Gasteiger partial charge in [0.15, 0.2) is 0 Å². The Morgan fingerprint density at radius 2 is 1.82 bits per heavy atom. The van der Waals surface area contributed by atoms with Crippen molar-refractivity contribution in [2.24, 2.45) is 11.7 Å². The molecule has 5 nitrogen and oxygen atoms in total. The molecule has 0 aromatic heterocycles. The van der Waals surface area contributed by atoms with Gasteiger partial charge < -0.3 is 16.0 Å². The van der Waals surface area contributed by atoms with E-state index in [1.807, 2.05) is 27.7 Å². The quantitative estimate of drug-likeness (QED) is 0.706. The fourth-order valence-corrected chi connectivity index (χ4v) is 1.41. The molecule has 2 atom stereocenters. The largest absolute Gasteiger partial charge is 0.352 e. The van der Waals surface area contributed by atoms with Gasteiger partial charge in [0.05, 0.1) is 12.6 Å². The third-order valence-corrected chi connectivity index (χ3v) is 2.75. The number of hydrogen-bond acceptors (Lipinski definition) is 3. The summed E-state index contributed by atoms with van der Waals surface area (Å²) < 4.78 is 0. The van der Waals surface area contributed by atoms with Gasteiger partial charge in [-0.15, -0.1) is 0 Å². The summed E-state index contributed by atoms with van der Waals surface area (Å²) in [6.07, 6.45) is 0.846. The predicted octanol–water partition coefficient (Wildman–Crippen LogP) is 0.343. The Hall–Kier alpha value is -1.10. The van der Waals surface area contributed by atoms with E-state index in [1.165, 1.54) is 4.90 Å². The van der Waals surface area contributed by atoms with E-state index in [9.17, 15) is 9.59 Å². The summed E-state index contributed by atoms with van der Waals surface area (Å²) in [5.74, 6) is -0.219. The third-order valence-electron chi connectivity index (χ3n) is 2.75. The van der Waals surface area contributed by atoms with Crippen molar-refractivity contribution >= 4 is 11.8 Å². The summed E-state index contributed by atoms with van der Waals surface area (Å²) in [5, 5.41) is 2.74. The molecule has 0 aromatic rings. The van der Waals surface area contributed by atoms with Crippen LogP contribution in [-0.2, 0) is 9.59 Å². The number of nitrogens with two attached hydrogens (primary N) is 1. The minimum absolute atomic E-state index is 0.0567.